The molecule has 0 spiro atoms. The summed E-state index contributed by atoms with van der Waals surface area (Å²) in [7, 11) is 1.85. The zero-order valence-electron chi connectivity index (χ0n) is 16.8. The summed E-state index contributed by atoms with van der Waals surface area (Å²) in [5.41, 5.74) is 4.06. The molecule has 1 aliphatic heterocycles. The molecule has 0 unspecified atom stereocenters. The molecule has 2 aromatic carbocycles. The first-order valence-electron chi connectivity index (χ1n) is 9.84. The first-order chi connectivity index (χ1) is 14.2. The first kappa shape index (κ1) is 17.9. The van der Waals surface area contributed by atoms with E-state index in [0.29, 0.717) is 13.2 Å². The Kier molecular flexibility index (Phi) is 4.32. The molecule has 7 heteroatoms. The summed E-state index contributed by atoms with van der Waals surface area (Å²) >= 11 is 0. The lowest BCUT2D eigenvalue weighted by Gasteiger charge is -2.34. The number of nitrogens with zero attached hydrogens (tertiary/aromatic N) is 4. The standard InChI is InChI=1S/C22H23N5O2/c1-13-4-6-18-20(29-26-21(18)23-3)19(13)15-5-7-17-16(10-15)11-24-25-22(17)27-8-9-28-12-14(27)2/h4-7,10-11,14H,8-9,12H2,1-3H3,(H,23,26)/t14-/m0/s1. The van der Waals surface area contributed by atoms with Gasteiger partial charge in [0.1, 0.15) is 0 Å². The molecule has 0 saturated carbocycles. The Bertz CT molecular complexity index is 1200. The zero-order chi connectivity index (χ0) is 20.0. The molecule has 1 fully saturated rings. The van der Waals surface area contributed by atoms with Gasteiger partial charge in [0.15, 0.2) is 17.2 Å². The van der Waals surface area contributed by atoms with Gasteiger partial charge in [-0.05, 0) is 43.2 Å². The minimum absolute atomic E-state index is 0.272. The largest absolute Gasteiger partial charge is 0.377 e. The van der Waals surface area contributed by atoms with Crippen molar-refractivity contribution in [3.63, 3.8) is 0 Å². The number of fused-ring (bicyclic) bond motifs is 2. The van der Waals surface area contributed by atoms with Crippen LogP contribution in [0.25, 0.3) is 32.9 Å². The van der Waals surface area contributed by atoms with E-state index >= 15 is 0 Å². The fraction of sp³-hybridized carbons (Fsp3) is 0.318. The summed E-state index contributed by atoms with van der Waals surface area (Å²) in [5.74, 6) is 1.66. The third-order valence-electron chi connectivity index (χ3n) is 5.66. The average molecular weight is 389 g/mol. The molecule has 7 nitrogen and oxygen atoms in total. The number of nitrogens with one attached hydrogen (secondary N) is 1. The fourth-order valence-corrected chi connectivity index (χ4v) is 4.12. The van der Waals surface area contributed by atoms with Crippen LogP contribution in [0, 0.1) is 6.92 Å². The summed E-state index contributed by atoms with van der Waals surface area (Å²) in [6.07, 6.45) is 1.82. The van der Waals surface area contributed by atoms with E-state index in [-0.39, 0.29) is 6.04 Å². The smallest absolute Gasteiger partial charge is 0.177 e. The van der Waals surface area contributed by atoms with Crippen molar-refractivity contribution in [2.24, 2.45) is 0 Å². The molecule has 0 aliphatic carbocycles. The fourth-order valence-electron chi connectivity index (χ4n) is 4.12. The van der Waals surface area contributed by atoms with Crippen molar-refractivity contribution in [1.29, 1.82) is 0 Å². The number of hydrogen-bond acceptors (Lipinski definition) is 7. The van der Waals surface area contributed by atoms with E-state index in [1.54, 1.807) is 0 Å². The highest BCUT2D eigenvalue weighted by Gasteiger charge is 2.23. The number of benzene rings is 2. The summed E-state index contributed by atoms with van der Waals surface area (Å²) in [4.78, 5) is 2.28. The van der Waals surface area contributed by atoms with Crippen LogP contribution in [0.5, 0.6) is 0 Å². The van der Waals surface area contributed by atoms with Gasteiger partial charge in [-0.3, -0.25) is 0 Å². The van der Waals surface area contributed by atoms with Crippen molar-refractivity contribution in [3.8, 4) is 11.1 Å². The summed E-state index contributed by atoms with van der Waals surface area (Å²) in [6.45, 7) is 6.48. The molecule has 1 atom stereocenters. The van der Waals surface area contributed by atoms with Crippen LogP contribution in [0.3, 0.4) is 0 Å². The molecule has 4 aromatic rings. The molecular weight excluding hydrogens is 366 g/mol. The summed E-state index contributed by atoms with van der Waals surface area (Å²) in [5, 5.41) is 19.1. The summed E-state index contributed by atoms with van der Waals surface area (Å²) < 4.78 is 11.3. The maximum atomic E-state index is 5.69. The second-order valence-corrected chi connectivity index (χ2v) is 7.50. The van der Waals surface area contributed by atoms with Crippen LogP contribution < -0.4 is 10.2 Å². The molecule has 1 saturated heterocycles. The molecule has 1 N–H and O–H groups in total. The lowest BCUT2D eigenvalue weighted by Crippen LogP contribution is -2.44. The minimum atomic E-state index is 0.272. The van der Waals surface area contributed by atoms with E-state index in [9.17, 15) is 0 Å². The molecule has 2 aromatic heterocycles. The van der Waals surface area contributed by atoms with Crippen LogP contribution in [0.15, 0.2) is 41.1 Å². The van der Waals surface area contributed by atoms with E-state index in [1.165, 1.54) is 0 Å². The molecule has 29 heavy (non-hydrogen) atoms. The average Bonchev–Trinajstić information content (AvgIpc) is 3.16. The van der Waals surface area contributed by atoms with Crippen LogP contribution in [0.2, 0.25) is 0 Å². The highest BCUT2D eigenvalue weighted by Crippen LogP contribution is 2.37. The van der Waals surface area contributed by atoms with Crippen LogP contribution >= 0.6 is 0 Å². The monoisotopic (exact) mass is 389 g/mol. The predicted octanol–water partition coefficient (Wildman–Crippen LogP) is 4.01. The van der Waals surface area contributed by atoms with Crippen LogP contribution in [-0.2, 0) is 4.74 Å². The number of anilines is 2. The Hall–Kier alpha value is -3.19. The number of morpholine rings is 1. The van der Waals surface area contributed by atoms with Gasteiger partial charge in [-0.2, -0.15) is 5.10 Å². The Balaban J connectivity index is 1.66. The van der Waals surface area contributed by atoms with Gasteiger partial charge >= 0.3 is 0 Å². The molecule has 5 rings (SSSR count). The highest BCUT2D eigenvalue weighted by atomic mass is 16.5. The topological polar surface area (TPSA) is 76.3 Å². The maximum Gasteiger partial charge on any atom is 0.177 e. The van der Waals surface area contributed by atoms with E-state index in [4.69, 9.17) is 9.26 Å². The van der Waals surface area contributed by atoms with Crippen LogP contribution in [0.4, 0.5) is 11.6 Å². The Morgan fingerprint density at radius 2 is 2.03 bits per heavy atom. The summed E-state index contributed by atoms with van der Waals surface area (Å²) in [6, 6.07) is 10.8. The molecule has 0 radical (unpaired) electrons. The van der Waals surface area contributed by atoms with Crippen LogP contribution in [0.1, 0.15) is 12.5 Å². The van der Waals surface area contributed by atoms with Crippen molar-refractivity contribution >= 4 is 33.4 Å². The van der Waals surface area contributed by atoms with Gasteiger partial charge in [-0.1, -0.05) is 17.3 Å². The van der Waals surface area contributed by atoms with E-state index in [1.807, 2.05) is 19.3 Å². The quantitative estimate of drug-likeness (QED) is 0.567. The van der Waals surface area contributed by atoms with E-state index in [2.05, 4.69) is 63.7 Å². The van der Waals surface area contributed by atoms with Crippen molar-refractivity contribution in [2.75, 3.05) is 37.0 Å². The zero-order valence-corrected chi connectivity index (χ0v) is 16.8. The van der Waals surface area contributed by atoms with E-state index in [0.717, 1.165) is 56.6 Å². The number of aromatic nitrogens is 3. The Morgan fingerprint density at radius 1 is 1.17 bits per heavy atom. The molecule has 3 heterocycles. The van der Waals surface area contributed by atoms with Gasteiger partial charge in [0.05, 0.1) is 30.8 Å². The maximum absolute atomic E-state index is 5.69. The first-order valence-corrected chi connectivity index (χ1v) is 9.84. The SMILES string of the molecule is CNc1noc2c(-c3ccc4c(N5CCOC[C@@H]5C)nncc4c3)c(C)ccc12. The Morgan fingerprint density at radius 3 is 2.86 bits per heavy atom. The number of aryl methyl sites for hydroxylation is 1. The van der Waals surface area contributed by atoms with Gasteiger partial charge in [0.2, 0.25) is 0 Å². The van der Waals surface area contributed by atoms with Gasteiger partial charge < -0.3 is 19.5 Å². The molecule has 0 amide bonds. The molecular formula is C22H23N5O2. The van der Waals surface area contributed by atoms with Crippen molar-refractivity contribution in [1.82, 2.24) is 15.4 Å². The van der Waals surface area contributed by atoms with Crippen LogP contribution in [-0.4, -0.2) is 48.2 Å². The van der Waals surface area contributed by atoms with Gasteiger partial charge in [-0.15, -0.1) is 5.10 Å². The number of hydrogen-bond donors (Lipinski definition) is 1. The number of rotatable bonds is 3. The lowest BCUT2D eigenvalue weighted by atomic mass is 9.96. The lowest BCUT2D eigenvalue weighted by molar-refractivity contribution is 0.0986. The third kappa shape index (κ3) is 2.89. The van der Waals surface area contributed by atoms with Gasteiger partial charge in [0, 0.05) is 29.9 Å². The van der Waals surface area contributed by atoms with Crippen molar-refractivity contribution < 1.29 is 9.26 Å². The number of ether oxygens (including phenoxy) is 1. The minimum Gasteiger partial charge on any atom is -0.377 e. The van der Waals surface area contributed by atoms with Crippen molar-refractivity contribution in [3.05, 3.63) is 42.1 Å². The van der Waals surface area contributed by atoms with Gasteiger partial charge in [-0.25, -0.2) is 0 Å². The van der Waals surface area contributed by atoms with Crippen molar-refractivity contribution in [2.45, 2.75) is 19.9 Å². The molecule has 148 valence electrons. The van der Waals surface area contributed by atoms with E-state index < -0.39 is 0 Å². The second kappa shape index (κ2) is 7.00. The normalized spacial score (nSPS) is 17.2. The highest BCUT2D eigenvalue weighted by molar-refractivity contribution is 6.02. The molecule has 1 aliphatic rings. The molecule has 0 bridgehead atoms. The second-order valence-electron chi connectivity index (χ2n) is 7.50. The predicted molar refractivity (Wildman–Crippen MR) is 114 cm³/mol. The Labute approximate surface area is 168 Å². The third-order valence-corrected chi connectivity index (χ3v) is 5.66. The van der Waals surface area contributed by atoms with Gasteiger partial charge in [0.25, 0.3) is 0 Å².